The van der Waals surface area contributed by atoms with Gasteiger partial charge in [-0.15, -0.1) is 0 Å². The van der Waals surface area contributed by atoms with Crippen molar-refractivity contribution in [3.8, 4) is 0 Å². The van der Waals surface area contributed by atoms with Crippen molar-refractivity contribution in [2.75, 3.05) is 6.61 Å². The highest BCUT2D eigenvalue weighted by atomic mass is 19.4. The molecule has 0 aliphatic carbocycles. The second-order valence-electron chi connectivity index (χ2n) is 1.52. The summed E-state index contributed by atoms with van der Waals surface area (Å²) in [6, 6.07) is -2.22. The van der Waals surface area contributed by atoms with Crippen molar-refractivity contribution in [3.05, 3.63) is 11.8 Å². The van der Waals surface area contributed by atoms with Crippen LogP contribution in [0.1, 0.15) is 6.92 Å². The van der Waals surface area contributed by atoms with Gasteiger partial charge in [0.25, 0.3) is 5.83 Å². The molecule has 0 bridgehead atoms. The fourth-order valence-electron chi connectivity index (χ4n) is 0.302. The minimum Gasteiger partial charge on any atom is -0.469 e. The number of alkyl halides is 3. The van der Waals surface area contributed by atoms with Gasteiger partial charge in [-0.05, 0) is 6.92 Å². The molecule has 0 saturated heterocycles. The minimum absolute atomic E-state index is 0.352. The van der Waals surface area contributed by atoms with Crippen LogP contribution in [0.5, 0.6) is 0 Å². The molecule has 11 heavy (non-hydrogen) atoms. The van der Waals surface area contributed by atoms with Crippen molar-refractivity contribution in [1.29, 1.82) is 0 Å². The summed E-state index contributed by atoms with van der Waals surface area (Å²) in [6.07, 6.45) is -5.31. The third-order valence-electron chi connectivity index (χ3n) is 0.693. The Morgan fingerprint density at radius 3 is 2.00 bits per heavy atom. The molecule has 1 nitrogen and oxygen atoms in total. The Hall–Kier alpha value is -0.810. The molecule has 0 aliphatic heterocycles. The van der Waals surface area contributed by atoms with Crippen LogP contribution in [-0.2, 0) is 4.74 Å². The standard InChI is InChI=1S/C5H5F5O/c1-2-11-4(7)3(6)5(8,9)10/h2H2,1H3. The van der Waals surface area contributed by atoms with Gasteiger partial charge in [-0.25, -0.2) is 0 Å². The van der Waals surface area contributed by atoms with Gasteiger partial charge in [0.05, 0.1) is 6.61 Å². The lowest BCUT2D eigenvalue weighted by Gasteiger charge is -2.04. The average Bonchev–Trinajstić information content (AvgIpc) is 1.85. The first-order valence-corrected chi connectivity index (χ1v) is 2.64. The largest absolute Gasteiger partial charge is 0.469 e. The third kappa shape index (κ3) is 3.20. The number of halogens is 5. The van der Waals surface area contributed by atoms with Crippen LogP contribution in [0.2, 0.25) is 0 Å². The molecule has 0 aromatic heterocycles. The summed E-state index contributed by atoms with van der Waals surface area (Å²) in [5, 5.41) is 0. The molecular formula is C5H5F5O. The highest BCUT2D eigenvalue weighted by Gasteiger charge is 2.39. The maximum atomic E-state index is 11.9. The van der Waals surface area contributed by atoms with Gasteiger partial charge in [0.15, 0.2) is 0 Å². The van der Waals surface area contributed by atoms with Crippen LogP contribution in [0.15, 0.2) is 11.8 Å². The number of rotatable bonds is 2. The summed E-state index contributed by atoms with van der Waals surface area (Å²) in [7, 11) is 0. The van der Waals surface area contributed by atoms with E-state index in [0.29, 0.717) is 0 Å². The van der Waals surface area contributed by atoms with Gasteiger partial charge in [0.2, 0.25) is 0 Å². The average molecular weight is 176 g/mol. The molecule has 0 unspecified atom stereocenters. The van der Waals surface area contributed by atoms with Gasteiger partial charge in [-0.3, -0.25) is 0 Å². The van der Waals surface area contributed by atoms with E-state index in [9.17, 15) is 22.0 Å². The lowest BCUT2D eigenvalue weighted by atomic mass is 10.5. The number of hydrogen-bond donors (Lipinski definition) is 0. The Kier molecular flexibility index (Phi) is 3.28. The SMILES string of the molecule is CCOC(F)=C(F)C(F)(F)F. The van der Waals surface area contributed by atoms with E-state index < -0.39 is 18.0 Å². The number of allylic oxidation sites excluding steroid dienone is 1. The molecule has 0 amide bonds. The maximum absolute atomic E-state index is 11.9. The summed E-state index contributed by atoms with van der Waals surface area (Å²) in [5.41, 5.74) is 0. The highest BCUT2D eigenvalue weighted by Crippen LogP contribution is 2.29. The van der Waals surface area contributed by atoms with E-state index in [1.54, 1.807) is 0 Å². The predicted octanol–water partition coefficient (Wildman–Crippen LogP) is 2.69. The lowest BCUT2D eigenvalue weighted by Crippen LogP contribution is -2.10. The van der Waals surface area contributed by atoms with Crippen LogP contribution >= 0.6 is 0 Å². The van der Waals surface area contributed by atoms with Gasteiger partial charge in [-0.1, -0.05) is 0 Å². The quantitative estimate of drug-likeness (QED) is 0.464. The van der Waals surface area contributed by atoms with Crippen molar-refractivity contribution in [2.24, 2.45) is 0 Å². The minimum atomic E-state index is -5.31. The van der Waals surface area contributed by atoms with E-state index in [-0.39, 0.29) is 6.61 Å². The van der Waals surface area contributed by atoms with Crippen LogP contribution in [-0.4, -0.2) is 12.8 Å². The van der Waals surface area contributed by atoms with Crippen molar-refractivity contribution >= 4 is 0 Å². The summed E-state index contributed by atoms with van der Waals surface area (Å²) in [6.45, 7) is 0.887. The first kappa shape index (κ1) is 10.2. The van der Waals surface area contributed by atoms with Crippen LogP contribution in [0.25, 0.3) is 0 Å². The molecule has 6 heteroatoms. The Bertz CT molecular complexity index is 159. The summed E-state index contributed by atoms with van der Waals surface area (Å²) in [4.78, 5) is 0. The highest BCUT2D eigenvalue weighted by molar-refractivity contribution is 4.99. The molecule has 0 radical (unpaired) electrons. The molecule has 0 atom stereocenters. The van der Waals surface area contributed by atoms with Gasteiger partial charge < -0.3 is 4.74 Å². The summed E-state index contributed by atoms with van der Waals surface area (Å²) in [5.74, 6) is -2.83. The van der Waals surface area contributed by atoms with Crippen molar-refractivity contribution in [1.82, 2.24) is 0 Å². The Morgan fingerprint density at radius 2 is 1.73 bits per heavy atom. The van der Waals surface area contributed by atoms with Crippen LogP contribution in [0, 0.1) is 0 Å². The molecule has 0 aliphatic rings. The molecule has 0 aromatic carbocycles. The monoisotopic (exact) mass is 176 g/mol. The Morgan fingerprint density at radius 1 is 1.27 bits per heavy atom. The predicted molar refractivity (Wildman–Crippen MR) is 26.9 cm³/mol. The molecule has 0 N–H and O–H groups in total. The molecule has 66 valence electrons. The van der Waals surface area contributed by atoms with Gasteiger partial charge in [0.1, 0.15) is 0 Å². The second kappa shape index (κ2) is 3.54. The summed E-state index contributed by atoms with van der Waals surface area (Å²) >= 11 is 0. The zero-order valence-corrected chi connectivity index (χ0v) is 5.51. The second-order valence-corrected chi connectivity index (χ2v) is 1.52. The van der Waals surface area contributed by atoms with Crippen molar-refractivity contribution < 1.29 is 26.7 Å². The number of hydrogen-bond acceptors (Lipinski definition) is 1. The lowest BCUT2D eigenvalue weighted by molar-refractivity contribution is -0.116. The fourth-order valence-corrected chi connectivity index (χ4v) is 0.302. The van der Waals surface area contributed by atoms with Gasteiger partial charge >= 0.3 is 12.2 Å². The van der Waals surface area contributed by atoms with E-state index >= 15 is 0 Å². The van der Waals surface area contributed by atoms with Crippen molar-refractivity contribution in [2.45, 2.75) is 13.1 Å². The van der Waals surface area contributed by atoms with Gasteiger partial charge in [-0.2, -0.15) is 22.0 Å². The Balaban J connectivity index is 4.39. The molecule has 0 spiro atoms. The van der Waals surface area contributed by atoms with E-state index in [0.717, 1.165) is 0 Å². The molecule has 0 aromatic rings. The first-order chi connectivity index (χ1) is 4.89. The molecule has 0 saturated carbocycles. The fraction of sp³-hybridized carbons (Fsp3) is 0.600. The topological polar surface area (TPSA) is 9.23 Å². The number of ether oxygens (including phenoxy) is 1. The van der Waals surface area contributed by atoms with E-state index in [4.69, 9.17) is 0 Å². The first-order valence-electron chi connectivity index (χ1n) is 2.64. The molecule has 0 rings (SSSR count). The zero-order valence-electron chi connectivity index (χ0n) is 5.51. The van der Waals surface area contributed by atoms with Crippen molar-refractivity contribution in [3.63, 3.8) is 0 Å². The molecule has 0 fully saturated rings. The molecular weight excluding hydrogens is 171 g/mol. The Labute approximate surface area is 59.5 Å². The molecule has 0 heterocycles. The van der Waals surface area contributed by atoms with E-state index in [2.05, 4.69) is 4.74 Å². The third-order valence-corrected chi connectivity index (χ3v) is 0.693. The smallest absolute Gasteiger partial charge is 0.449 e. The zero-order chi connectivity index (χ0) is 9.07. The van der Waals surface area contributed by atoms with E-state index in [1.807, 2.05) is 0 Å². The summed E-state index contributed by atoms with van der Waals surface area (Å²) < 4.78 is 61.1. The normalized spacial score (nSPS) is 14.4. The van der Waals surface area contributed by atoms with Crippen LogP contribution in [0.3, 0.4) is 0 Å². The van der Waals surface area contributed by atoms with Crippen LogP contribution < -0.4 is 0 Å². The van der Waals surface area contributed by atoms with E-state index in [1.165, 1.54) is 6.92 Å². The maximum Gasteiger partial charge on any atom is 0.449 e. The van der Waals surface area contributed by atoms with Crippen LogP contribution in [0.4, 0.5) is 22.0 Å². The van der Waals surface area contributed by atoms with Gasteiger partial charge in [0, 0.05) is 0 Å².